The molecule has 1 unspecified atom stereocenters. The molecule has 0 bridgehead atoms. The lowest BCUT2D eigenvalue weighted by Gasteiger charge is -2.15. The van der Waals surface area contributed by atoms with E-state index in [0.29, 0.717) is 0 Å². The van der Waals surface area contributed by atoms with Gasteiger partial charge in [-0.05, 0) is 16.9 Å². The van der Waals surface area contributed by atoms with Crippen LogP contribution in [0.25, 0.3) is 10.8 Å². The molecule has 0 saturated heterocycles. The van der Waals surface area contributed by atoms with Crippen molar-refractivity contribution in [1.82, 2.24) is 20.0 Å². The molecule has 2 heterocycles. The van der Waals surface area contributed by atoms with Crippen molar-refractivity contribution in [3.05, 3.63) is 53.3 Å². The number of nitrogens with zero attached hydrogens (tertiary/aromatic N) is 3. The molecule has 0 aliphatic rings. The van der Waals surface area contributed by atoms with Crippen molar-refractivity contribution in [2.75, 3.05) is 0 Å². The van der Waals surface area contributed by atoms with Gasteiger partial charge in [0.05, 0.1) is 11.7 Å². The van der Waals surface area contributed by atoms with Crippen LogP contribution in [-0.2, 0) is 0 Å². The third-order valence-electron chi connectivity index (χ3n) is 2.85. The van der Waals surface area contributed by atoms with Gasteiger partial charge in [0, 0.05) is 28.7 Å². The molecular weight excluding hydrogens is 246 g/mol. The smallest absolute Gasteiger partial charge is 0.0983 e. The molecule has 0 radical (unpaired) electrons. The van der Waals surface area contributed by atoms with Gasteiger partial charge in [-0.3, -0.25) is 10.8 Å². The Morgan fingerprint density at radius 2 is 2.11 bits per heavy atom. The maximum Gasteiger partial charge on any atom is 0.0983 e. The number of nitrogens with one attached hydrogen (secondary N) is 1. The van der Waals surface area contributed by atoms with Crippen LogP contribution in [0, 0.1) is 0 Å². The molecule has 2 aromatic heterocycles. The van der Waals surface area contributed by atoms with Gasteiger partial charge in [-0.25, -0.2) is 5.43 Å². The molecule has 3 N–H and O–H groups in total. The van der Waals surface area contributed by atoms with E-state index in [1.807, 2.05) is 36.0 Å². The van der Waals surface area contributed by atoms with E-state index in [9.17, 15) is 0 Å². The van der Waals surface area contributed by atoms with Crippen molar-refractivity contribution in [3.8, 4) is 0 Å². The summed E-state index contributed by atoms with van der Waals surface area (Å²) >= 11 is 1.31. The number of hydrogen-bond donors (Lipinski definition) is 2. The summed E-state index contributed by atoms with van der Waals surface area (Å²) in [6.45, 7) is 0. The van der Waals surface area contributed by atoms with Crippen LogP contribution in [0.1, 0.15) is 17.3 Å². The van der Waals surface area contributed by atoms with E-state index in [-0.39, 0.29) is 6.04 Å². The van der Waals surface area contributed by atoms with Crippen molar-refractivity contribution in [3.63, 3.8) is 0 Å². The molecule has 0 fully saturated rings. The highest BCUT2D eigenvalue weighted by Gasteiger charge is 2.17. The standard InChI is InChI=1S/C12H11N5S/c13-15-12(11-7-18-17-16-11)10-6-14-5-8-3-1-2-4-9(8)10/h1-7,12,15H,13H2. The van der Waals surface area contributed by atoms with Gasteiger partial charge in [-0.1, -0.05) is 28.8 Å². The highest BCUT2D eigenvalue weighted by atomic mass is 32.1. The van der Waals surface area contributed by atoms with E-state index in [1.165, 1.54) is 11.5 Å². The fourth-order valence-electron chi connectivity index (χ4n) is 2.00. The number of nitrogens with two attached hydrogens (primary N) is 1. The Morgan fingerprint density at radius 1 is 1.22 bits per heavy atom. The van der Waals surface area contributed by atoms with Gasteiger partial charge in [0.25, 0.3) is 0 Å². The Morgan fingerprint density at radius 3 is 2.89 bits per heavy atom. The van der Waals surface area contributed by atoms with Gasteiger partial charge in [0.2, 0.25) is 0 Å². The van der Waals surface area contributed by atoms with Gasteiger partial charge >= 0.3 is 0 Å². The first kappa shape index (κ1) is 11.2. The average Bonchev–Trinajstić information content (AvgIpc) is 2.94. The van der Waals surface area contributed by atoms with Crippen LogP contribution in [0.4, 0.5) is 0 Å². The molecule has 0 saturated carbocycles. The molecule has 3 rings (SSSR count). The Labute approximate surface area is 108 Å². The zero-order valence-corrected chi connectivity index (χ0v) is 10.3. The first-order valence-corrected chi connectivity index (χ1v) is 6.29. The monoisotopic (exact) mass is 257 g/mol. The molecular formula is C12H11N5S. The lowest BCUT2D eigenvalue weighted by atomic mass is 10.0. The Hall–Kier alpha value is -1.89. The second kappa shape index (κ2) is 4.77. The molecule has 0 aliphatic carbocycles. The van der Waals surface area contributed by atoms with Crippen LogP contribution < -0.4 is 11.3 Å². The Kier molecular flexibility index (Phi) is 2.97. The maximum absolute atomic E-state index is 5.65. The fraction of sp³-hybridized carbons (Fsp3) is 0.0833. The van der Waals surface area contributed by atoms with Gasteiger partial charge in [0.1, 0.15) is 0 Å². The molecule has 5 nitrogen and oxygen atoms in total. The van der Waals surface area contributed by atoms with Crippen molar-refractivity contribution < 1.29 is 0 Å². The van der Waals surface area contributed by atoms with E-state index in [0.717, 1.165) is 22.0 Å². The van der Waals surface area contributed by atoms with E-state index in [4.69, 9.17) is 5.84 Å². The van der Waals surface area contributed by atoms with Gasteiger partial charge in [-0.2, -0.15) is 0 Å². The van der Waals surface area contributed by atoms with Crippen LogP contribution in [0.15, 0.2) is 42.0 Å². The van der Waals surface area contributed by atoms with Crippen LogP contribution >= 0.6 is 11.5 Å². The van der Waals surface area contributed by atoms with Crippen LogP contribution in [0.2, 0.25) is 0 Å². The summed E-state index contributed by atoms with van der Waals surface area (Å²) in [7, 11) is 0. The molecule has 6 heteroatoms. The normalized spacial score (nSPS) is 12.7. The number of benzene rings is 1. The minimum absolute atomic E-state index is 0.192. The van der Waals surface area contributed by atoms with Gasteiger partial charge < -0.3 is 0 Å². The van der Waals surface area contributed by atoms with E-state index in [1.54, 1.807) is 0 Å². The predicted octanol–water partition coefficient (Wildman–Crippen LogP) is 1.64. The summed E-state index contributed by atoms with van der Waals surface area (Å²) in [5.74, 6) is 5.65. The highest BCUT2D eigenvalue weighted by molar-refractivity contribution is 7.03. The number of fused-ring (bicyclic) bond motifs is 1. The number of hydrogen-bond acceptors (Lipinski definition) is 6. The molecule has 3 aromatic rings. The Bertz CT molecular complexity index is 647. The lowest BCUT2D eigenvalue weighted by Crippen LogP contribution is -2.29. The summed E-state index contributed by atoms with van der Waals surface area (Å²) in [5.41, 5.74) is 4.59. The second-order valence-corrected chi connectivity index (χ2v) is 4.49. The fourth-order valence-corrected chi connectivity index (χ4v) is 2.48. The largest absolute Gasteiger partial charge is 0.271 e. The second-order valence-electron chi connectivity index (χ2n) is 3.88. The van der Waals surface area contributed by atoms with E-state index >= 15 is 0 Å². The highest BCUT2D eigenvalue weighted by Crippen LogP contribution is 2.26. The molecule has 0 aliphatic heterocycles. The zero-order chi connectivity index (χ0) is 12.4. The maximum atomic E-state index is 5.65. The summed E-state index contributed by atoms with van der Waals surface area (Å²) in [5, 5.41) is 8.15. The summed E-state index contributed by atoms with van der Waals surface area (Å²) in [6.07, 6.45) is 3.65. The molecule has 90 valence electrons. The average molecular weight is 257 g/mol. The van der Waals surface area contributed by atoms with Crippen molar-refractivity contribution in [2.45, 2.75) is 6.04 Å². The molecule has 1 atom stereocenters. The topological polar surface area (TPSA) is 76.7 Å². The van der Waals surface area contributed by atoms with Gasteiger partial charge in [-0.15, -0.1) is 5.10 Å². The third-order valence-corrected chi connectivity index (χ3v) is 3.37. The SMILES string of the molecule is NNC(c1csnn1)c1cncc2ccccc12. The molecule has 0 spiro atoms. The first-order chi connectivity index (χ1) is 8.90. The minimum Gasteiger partial charge on any atom is -0.271 e. The van der Waals surface area contributed by atoms with E-state index < -0.39 is 0 Å². The number of aromatic nitrogens is 3. The summed E-state index contributed by atoms with van der Waals surface area (Å²) < 4.78 is 3.87. The number of hydrazine groups is 1. The van der Waals surface area contributed by atoms with E-state index in [2.05, 4.69) is 26.1 Å². The quantitative estimate of drug-likeness (QED) is 0.551. The van der Waals surface area contributed by atoms with Gasteiger partial charge in [0.15, 0.2) is 0 Å². The Balaban J connectivity index is 2.18. The van der Waals surface area contributed by atoms with Crippen molar-refractivity contribution in [1.29, 1.82) is 0 Å². The van der Waals surface area contributed by atoms with Crippen molar-refractivity contribution in [2.24, 2.45) is 5.84 Å². The number of rotatable bonds is 3. The minimum atomic E-state index is -0.192. The summed E-state index contributed by atoms with van der Waals surface area (Å²) in [6, 6.07) is 7.87. The van der Waals surface area contributed by atoms with Crippen LogP contribution in [0.3, 0.4) is 0 Å². The molecule has 1 aromatic carbocycles. The zero-order valence-electron chi connectivity index (χ0n) is 9.45. The molecule has 0 amide bonds. The lowest BCUT2D eigenvalue weighted by molar-refractivity contribution is 0.621. The van der Waals surface area contributed by atoms with Crippen LogP contribution in [-0.4, -0.2) is 14.6 Å². The van der Waals surface area contributed by atoms with Crippen molar-refractivity contribution >= 4 is 22.3 Å². The summed E-state index contributed by atoms with van der Waals surface area (Å²) in [4.78, 5) is 4.25. The molecule has 18 heavy (non-hydrogen) atoms. The van der Waals surface area contributed by atoms with Crippen LogP contribution in [0.5, 0.6) is 0 Å². The predicted molar refractivity (Wildman–Crippen MR) is 70.8 cm³/mol. The third kappa shape index (κ3) is 1.86. The first-order valence-electron chi connectivity index (χ1n) is 5.46. The number of pyridine rings is 1.